The fourth-order valence-electron chi connectivity index (χ4n) is 3.28. The molecule has 0 spiro atoms. The zero-order valence-corrected chi connectivity index (χ0v) is 11.7. The van der Waals surface area contributed by atoms with Crippen LogP contribution in [0.2, 0.25) is 0 Å². The molecular weight excluding hydrogens is 212 g/mol. The third-order valence-electron chi connectivity index (χ3n) is 5.04. The average Bonchev–Trinajstić information content (AvgIpc) is 2.84. The number of morpholine rings is 1. The Labute approximate surface area is 106 Å². The van der Waals surface area contributed by atoms with Crippen LogP contribution in [0.25, 0.3) is 0 Å². The summed E-state index contributed by atoms with van der Waals surface area (Å²) < 4.78 is 5.88. The second-order valence-electron chi connectivity index (χ2n) is 5.78. The van der Waals surface area contributed by atoms with Gasteiger partial charge < -0.3 is 10.1 Å². The molecule has 0 amide bonds. The predicted molar refractivity (Wildman–Crippen MR) is 71.3 cm³/mol. The highest BCUT2D eigenvalue weighted by Crippen LogP contribution is 2.38. The lowest BCUT2D eigenvalue weighted by Gasteiger charge is -2.36. The third-order valence-corrected chi connectivity index (χ3v) is 5.04. The minimum absolute atomic E-state index is 0.383. The van der Waals surface area contributed by atoms with E-state index >= 15 is 0 Å². The van der Waals surface area contributed by atoms with E-state index in [0.717, 1.165) is 19.7 Å². The van der Waals surface area contributed by atoms with Crippen LogP contribution in [0.15, 0.2) is 0 Å². The fraction of sp³-hybridized carbons (Fsp3) is 1.00. The van der Waals surface area contributed by atoms with Gasteiger partial charge in [0.25, 0.3) is 0 Å². The minimum Gasteiger partial charge on any atom is -0.374 e. The zero-order chi connectivity index (χ0) is 12.3. The second-order valence-corrected chi connectivity index (χ2v) is 5.78. The molecule has 2 saturated heterocycles. The maximum Gasteiger partial charge on any atom is 0.0852 e. The second kappa shape index (κ2) is 5.68. The minimum atomic E-state index is 0.383. The van der Waals surface area contributed by atoms with Crippen molar-refractivity contribution in [2.45, 2.75) is 52.2 Å². The van der Waals surface area contributed by atoms with Gasteiger partial charge in [-0.3, -0.25) is 4.90 Å². The van der Waals surface area contributed by atoms with Gasteiger partial charge in [0, 0.05) is 25.7 Å². The van der Waals surface area contributed by atoms with E-state index in [4.69, 9.17) is 4.74 Å². The molecule has 0 aromatic carbocycles. The molecule has 2 aliphatic heterocycles. The highest BCUT2D eigenvalue weighted by atomic mass is 16.5. The largest absolute Gasteiger partial charge is 0.374 e. The summed E-state index contributed by atoms with van der Waals surface area (Å²) in [6, 6.07) is 0.558. The predicted octanol–water partition coefficient (Wildman–Crippen LogP) is 1.88. The topological polar surface area (TPSA) is 24.5 Å². The lowest BCUT2D eigenvalue weighted by atomic mass is 9.82. The van der Waals surface area contributed by atoms with Crippen molar-refractivity contribution < 1.29 is 4.74 Å². The van der Waals surface area contributed by atoms with Gasteiger partial charge >= 0.3 is 0 Å². The van der Waals surface area contributed by atoms with Crippen molar-refractivity contribution >= 4 is 0 Å². The molecule has 0 aromatic rings. The van der Waals surface area contributed by atoms with Gasteiger partial charge in [-0.25, -0.2) is 0 Å². The maximum absolute atomic E-state index is 5.88. The van der Waals surface area contributed by atoms with Gasteiger partial charge in [-0.05, 0) is 38.1 Å². The monoisotopic (exact) mass is 240 g/mol. The van der Waals surface area contributed by atoms with E-state index in [0.29, 0.717) is 17.6 Å². The van der Waals surface area contributed by atoms with E-state index in [1.54, 1.807) is 0 Å². The Morgan fingerprint density at radius 2 is 2.18 bits per heavy atom. The summed E-state index contributed by atoms with van der Waals surface area (Å²) in [6.45, 7) is 12.4. The molecule has 0 bridgehead atoms. The summed E-state index contributed by atoms with van der Waals surface area (Å²) in [5.41, 5.74) is 0.580. The lowest BCUT2D eigenvalue weighted by Crippen LogP contribution is -2.50. The summed E-state index contributed by atoms with van der Waals surface area (Å²) in [4.78, 5) is 2.64. The molecule has 2 atom stereocenters. The number of likely N-dealkylation sites (tertiary alicyclic amines) is 1. The summed E-state index contributed by atoms with van der Waals surface area (Å²) in [5, 5.41) is 3.44. The Morgan fingerprint density at radius 1 is 1.41 bits per heavy atom. The molecule has 17 heavy (non-hydrogen) atoms. The van der Waals surface area contributed by atoms with Crippen LogP contribution < -0.4 is 5.32 Å². The number of nitrogens with one attached hydrogen (secondary N) is 1. The van der Waals surface area contributed by atoms with Crippen molar-refractivity contribution in [2.75, 3.05) is 32.8 Å². The van der Waals surface area contributed by atoms with Crippen LogP contribution in [-0.4, -0.2) is 49.8 Å². The van der Waals surface area contributed by atoms with Gasteiger partial charge in [-0.15, -0.1) is 0 Å². The highest BCUT2D eigenvalue weighted by molar-refractivity contribution is 4.92. The van der Waals surface area contributed by atoms with Crippen molar-refractivity contribution in [3.8, 4) is 0 Å². The van der Waals surface area contributed by atoms with Gasteiger partial charge in [-0.2, -0.15) is 0 Å². The summed E-state index contributed by atoms with van der Waals surface area (Å²) in [5.74, 6) is 0. The van der Waals surface area contributed by atoms with Crippen LogP contribution >= 0.6 is 0 Å². The molecule has 0 saturated carbocycles. The van der Waals surface area contributed by atoms with E-state index < -0.39 is 0 Å². The van der Waals surface area contributed by atoms with Crippen LogP contribution in [-0.2, 0) is 4.74 Å². The van der Waals surface area contributed by atoms with Gasteiger partial charge in [0.15, 0.2) is 0 Å². The molecule has 2 fully saturated rings. The van der Waals surface area contributed by atoms with Crippen LogP contribution in [0.3, 0.4) is 0 Å². The molecule has 3 heteroatoms. The van der Waals surface area contributed by atoms with Crippen molar-refractivity contribution in [1.82, 2.24) is 10.2 Å². The standard InChI is InChI=1S/C14H28N2O/c1-4-14(5-2)6-8-16(11-14)12(3)13-10-15-7-9-17-13/h12-13,15H,4-11H2,1-3H3. The zero-order valence-electron chi connectivity index (χ0n) is 11.7. The van der Waals surface area contributed by atoms with E-state index in [9.17, 15) is 0 Å². The maximum atomic E-state index is 5.88. The SMILES string of the molecule is CCC1(CC)CCN(C(C)C2CNCCO2)C1. The molecule has 100 valence electrons. The van der Waals surface area contributed by atoms with Gasteiger partial charge in [0.1, 0.15) is 0 Å². The first-order valence-corrected chi connectivity index (χ1v) is 7.27. The third kappa shape index (κ3) is 2.83. The van der Waals surface area contributed by atoms with E-state index in [-0.39, 0.29) is 0 Å². The average molecular weight is 240 g/mol. The summed E-state index contributed by atoms with van der Waals surface area (Å²) in [6.07, 6.45) is 4.38. The van der Waals surface area contributed by atoms with Crippen molar-refractivity contribution in [3.05, 3.63) is 0 Å². The first-order valence-electron chi connectivity index (χ1n) is 7.27. The molecule has 2 aliphatic rings. The van der Waals surface area contributed by atoms with Gasteiger partial charge in [-0.1, -0.05) is 13.8 Å². The normalized spacial score (nSPS) is 31.6. The van der Waals surface area contributed by atoms with Crippen LogP contribution in [0, 0.1) is 5.41 Å². The van der Waals surface area contributed by atoms with Crippen molar-refractivity contribution in [2.24, 2.45) is 5.41 Å². The first kappa shape index (κ1) is 13.3. The Morgan fingerprint density at radius 3 is 2.71 bits per heavy atom. The van der Waals surface area contributed by atoms with E-state index in [1.807, 2.05) is 0 Å². The molecule has 3 nitrogen and oxygen atoms in total. The number of hydrogen-bond donors (Lipinski definition) is 1. The number of rotatable bonds is 4. The van der Waals surface area contributed by atoms with Crippen LogP contribution in [0.5, 0.6) is 0 Å². The Balaban J connectivity index is 1.90. The Hall–Kier alpha value is -0.120. The smallest absolute Gasteiger partial charge is 0.0852 e. The molecule has 2 unspecified atom stereocenters. The quantitative estimate of drug-likeness (QED) is 0.812. The van der Waals surface area contributed by atoms with Crippen LogP contribution in [0.4, 0.5) is 0 Å². The molecule has 0 aromatic heterocycles. The van der Waals surface area contributed by atoms with E-state index in [1.165, 1.54) is 32.4 Å². The summed E-state index contributed by atoms with van der Waals surface area (Å²) >= 11 is 0. The number of ether oxygens (including phenoxy) is 1. The van der Waals surface area contributed by atoms with Crippen LogP contribution in [0.1, 0.15) is 40.0 Å². The van der Waals surface area contributed by atoms with E-state index in [2.05, 4.69) is 31.0 Å². The number of hydrogen-bond acceptors (Lipinski definition) is 3. The molecule has 1 N–H and O–H groups in total. The number of nitrogens with zero attached hydrogens (tertiary/aromatic N) is 1. The summed E-state index contributed by atoms with van der Waals surface area (Å²) in [7, 11) is 0. The fourth-order valence-corrected chi connectivity index (χ4v) is 3.28. The Kier molecular flexibility index (Phi) is 4.45. The first-order chi connectivity index (χ1) is 8.21. The molecular formula is C14H28N2O. The van der Waals surface area contributed by atoms with Crippen molar-refractivity contribution in [3.63, 3.8) is 0 Å². The molecule has 0 radical (unpaired) electrons. The molecule has 2 rings (SSSR count). The lowest BCUT2D eigenvalue weighted by molar-refractivity contribution is -0.0232. The van der Waals surface area contributed by atoms with Crippen molar-refractivity contribution in [1.29, 1.82) is 0 Å². The highest BCUT2D eigenvalue weighted by Gasteiger charge is 2.38. The molecule has 0 aliphatic carbocycles. The van der Waals surface area contributed by atoms with Gasteiger partial charge in [0.05, 0.1) is 12.7 Å². The van der Waals surface area contributed by atoms with Gasteiger partial charge in [0.2, 0.25) is 0 Å². The Bertz CT molecular complexity index is 234. The molecule has 2 heterocycles.